The topological polar surface area (TPSA) is 75.0 Å². The number of piperazine rings is 1. The van der Waals surface area contributed by atoms with Crippen molar-refractivity contribution in [1.29, 1.82) is 0 Å². The number of likely N-dealkylation sites (N-methyl/N-ethyl adjacent to an activating group) is 1. The van der Waals surface area contributed by atoms with Gasteiger partial charge in [-0.05, 0) is 31.5 Å². The van der Waals surface area contributed by atoms with Crippen LogP contribution in [0, 0.1) is 0 Å². The molecule has 3 aromatic rings. The Morgan fingerprint density at radius 1 is 0.969 bits per heavy atom. The Bertz CT molecular complexity index is 1090. The van der Waals surface area contributed by atoms with Crippen LogP contribution in [0.5, 0.6) is 0 Å². The van der Waals surface area contributed by atoms with Crippen molar-refractivity contribution in [3.63, 3.8) is 0 Å². The van der Waals surface area contributed by atoms with E-state index in [0.717, 1.165) is 74.1 Å². The van der Waals surface area contributed by atoms with E-state index in [-0.39, 0.29) is 0 Å². The molecule has 0 saturated carbocycles. The van der Waals surface area contributed by atoms with Gasteiger partial charge in [-0.2, -0.15) is 5.10 Å². The Kier molecular flexibility index (Phi) is 5.55. The van der Waals surface area contributed by atoms with E-state index in [2.05, 4.69) is 63.5 Å². The summed E-state index contributed by atoms with van der Waals surface area (Å²) in [4.78, 5) is 18.8. The maximum Gasteiger partial charge on any atom is 0.228 e. The van der Waals surface area contributed by atoms with Crippen LogP contribution in [0.3, 0.4) is 0 Å². The van der Waals surface area contributed by atoms with Crippen molar-refractivity contribution >= 4 is 17.5 Å². The van der Waals surface area contributed by atoms with Crippen molar-refractivity contribution in [1.82, 2.24) is 29.6 Å². The molecule has 1 saturated heterocycles. The van der Waals surface area contributed by atoms with Crippen LogP contribution in [0.1, 0.15) is 50.4 Å². The van der Waals surface area contributed by atoms with Crippen LogP contribution in [-0.2, 0) is 13.0 Å². The Labute approximate surface area is 189 Å². The Balaban J connectivity index is 1.33. The van der Waals surface area contributed by atoms with E-state index >= 15 is 0 Å². The molecule has 3 aromatic heterocycles. The monoisotopic (exact) mass is 432 g/mol. The number of anilines is 3. The number of hydrogen-bond donors (Lipinski definition) is 1. The van der Waals surface area contributed by atoms with Crippen LogP contribution >= 0.6 is 0 Å². The third-order valence-corrected chi connectivity index (χ3v) is 6.57. The first kappa shape index (κ1) is 20.9. The zero-order valence-corrected chi connectivity index (χ0v) is 19.5. The molecule has 0 amide bonds. The van der Waals surface area contributed by atoms with Gasteiger partial charge < -0.3 is 15.1 Å². The third-order valence-electron chi connectivity index (χ3n) is 6.57. The lowest BCUT2D eigenvalue weighted by Crippen LogP contribution is -2.46. The van der Waals surface area contributed by atoms with Gasteiger partial charge in [0.15, 0.2) is 0 Å². The minimum atomic E-state index is 0.429. The molecule has 0 spiro atoms. The molecule has 1 aliphatic carbocycles. The van der Waals surface area contributed by atoms with Gasteiger partial charge in [-0.25, -0.2) is 15.0 Å². The molecule has 4 heterocycles. The van der Waals surface area contributed by atoms with Crippen LogP contribution in [0.15, 0.2) is 24.5 Å². The molecule has 0 bridgehead atoms. The predicted molar refractivity (Wildman–Crippen MR) is 128 cm³/mol. The Morgan fingerprint density at radius 3 is 2.44 bits per heavy atom. The number of aromatic nitrogens is 5. The van der Waals surface area contributed by atoms with E-state index < -0.39 is 0 Å². The largest absolute Gasteiger partial charge is 0.368 e. The summed E-state index contributed by atoms with van der Waals surface area (Å²) in [5.74, 6) is 1.74. The number of aryl methyl sites for hydroxylation is 1. The van der Waals surface area contributed by atoms with Gasteiger partial charge in [0.05, 0.1) is 17.6 Å². The molecule has 1 aliphatic heterocycles. The summed E-state index contributed by atoms with van der Waals surface area (Å²) in [6, 6.07) is 4.13. The molecule has 5 rings (SSSR count). The number of fused-ring (bicyclic) bond motifs is 3. The van der Waals surface area contributed by atoms with E-state index in [0.29, 0.717) is 11.9 Å². The van der Waals surface area contributed by atoms with Gasteiger partial charge in [0.25, 0.3) is 0 Å². The van der Waals surface area contributed by atoms with Crippen molar-refractivity contribution < 1.29 is 0 Å². The van der Waals surface area contributed by atoms with Crippen molar-refractivity contribution in [2.24, 2.45) is 0 Å². The molecule has 2 aliphatic rings. The molecule has 1 fully saturated rings. The van der Waals surface area contributed by atoms with Crippen molar-refractivity contribution in [2.45, 2.75) is 46.6 Å². The lowest BCUT2D eigenvalue weighted by Gasteiger charge is -2.35. The predicted octanol–water partition coefficient (Wildman–Crippen LogP) is 3.67. The van der Waals surface area contributed by atoms with Gasteiger partial charge in [-0.3, -0.25) is 4.68 Å². The average Bonchev–Trinajstić information content (AvgIpc) is 3.35. The van der Waals surface area contributed by atoms with Crippen LogP contribution in [0.25, 0.3) is 11.4 Å². The Morgan fingerprint density at radius 2 is 1.78 bits per heavy atom. The molecule has 168 valence electrons. The van der Waals surface area contributed by atoms with Crippen LogP contribution in [0.2, 0.25) is 0 Å². The molecule has 0 radical (unpaired) electrons. The summed E-state index contributed by atoms with van der Waals surface area (Å²) in [6.07, 6.45) is 4.72. The minimum Gasteiger partial charge on any atom is -0.368 e. The lowest BCUT2D eigenvalue weighted by atomic mass is 10.0. The molecular formula is C24H32N8. The number of nitrogens with one attached hydrogen (secondary N) is 1. The molecule has 8 nitrogen and oxygen atoms in total. The normalized spacial score (nSPS) is 15.8. The number of rotatable bonds is 6. The summed E-state index contributed by atoms with van der Waals surface area (Å²) in [5, 5.41) is 8.14. The second-order valence-electron chi connectivity index (χ2n) is 8.88. The Hall–Kier alpha value is -3.00. The highest BCUT2D eigenvalue weighted by Gasteiger charge is 2.29. The summed E-state index contributed by atoms with van der Waals surface area (Å²) < 4.78 is 2.12. The first-order chi connectivity index (χ1) is 15.6. The molecule has 0 aromatic carbocycles. The quantitative estimate of drug-likeness (QED) is 0.498. The highest BCUT2D eigenvalue weighted by molar-refractivity contribution is 5.72. The van der Waals surface area contributed by atoms with E-state index in [1.54, 1.807) is 0 Å². The van der Waals surface area contributed by atoms with Gasteiger partial charge in [0.1, 0.15) is 11.5 Å². The highest BCUT2D eigenvalue weighted by Crippen LogP contribution is 2.39. The molecule has 32 heavy (non-hydrogen) atoms. The van der Waals surface area contributed by atoms with Crippen molar-refractivity contribution in [3.8, 4) is 11.4 Å². The smallest absolute Gasteiger partial charge is 0.228 e. The van der Waals surface area contributed by atoms with Crippen molar-refractivity contribution in [2.75, 3.05) is 42.9 Å². The highest BCUT2D eigenvalue weighted by atomic mass is 15.3. The standard InChI is InChI=1S/C24H32N8/c1-5-30-9-11-31(12-10-30)18-7-8-20(25-15-18)27-24-26-14-17-13-19-22(21(17)28-24)29-32(6-2)23(19)16(3)4/h7-8,14-16H,5-6,9-13H2,1-4H3,(H,25,26,27,28). The first-order valence-corrected chi connectivity index (χ1v) is 11.7. The van der Waals surface area contributed by atoms with Crippen LogP contribution < -0.4 is 10.2 Å². The average molecular weight is 433 g/mol. The molecule has 0 atom stereocenters. The second-order valence-corrected chi connectivity index (χ2v) is 8.88. The van der Waals surface area contributed by atoms with E-state index in [1.165, 1.54) is 11.3 Å². The van der Waals surface area contributed by atoms with E-state index in [1.807, 2.05) is 18.5 Å². The van der Waals surface area contributed by atoms with E-state index in [4.69, 9.17) is 10.1 Å². The molecule has 0 unspecified atom stereocenters. The SMILES string of the molecule is CCN1CCN(c2ccc(Nc3ncc4c(n3)-c3nn(CC)c(C(C)C)c3C4)nc2)CC1. The van der Waals surface area contributed by atoms with Gasteiger partial charge in [0, 0.05) is 62.2 Å². The van der Waals surface area contributed by atoms with Crippen molar-refractivity contribution in [3.05, 3.63) is 41.3 Å². The summed E-state index contributed by atoms with van der Waals surface area (Å²) in [7, 11) is 0. The number of nitrogens with zero attached hydrogens (tertiary/aromatic N) is 7. The minimum absolute atomic E-state index is 0.429. The maximum atomic E-state index is 4.87. The van der Waals surface area contributed by atoms with E-state index in [9.17, 15) is 0 Å². The molecular weight excluding hydrogens is 400 g/mol. The van der Waals surface area contributed by atoms with Gasteiger partial charge in [0.2, 0.25) is 5.95 Å². The molecule has 8 heteroatoms. The van der Waals surface area contributed by atoms with Crippen LogP contribution in [-0.4, -0.2) is 62.4 Å². The number of pyridine rings is 1. The zero-order valence-electron chi connectivity index (χ0n) is 19.5. The zero-order chi connectivity index (χ0) is 22.2. The second kappa shape index (κ2) is 8.50. The fourth-order valence-electron chi connectivity index (χ4n) is 4.84. The van der Waals surface area contributed by atoms with Crippen LogP contribution in [0.4, 0.5) is 17.5 Å². The summed E-state index contributed by atoms with van der Waals surface area (Å²) in [5.41, 5.74) is 6.87. The lowest BCUT2D eigenvalue weighted by molar-refractivity contribution is 0.271. The number of hydrogen-bond acceptors (Lipinski definition) is 7. The maximum absolute atomic E-state index is 4.87. The van der Waals surface area contributed by atoms with Gasteiger partial charge in [-0.15, -0.1) is 0 Å². The van der Waals surface area contributed by atoms with Gasteiger partial charge >= 0.3 is 0 Å². The fraction of sp³-hybridized carbons (Fsp3) is 0.500. The molecule has 1 N–H and O–H groups in total. The first-order valence-electron chi connectivity index (χ1n) is 11.7. The summed E-state index contributed by atoms with van der Waals surface area (Å²) in [6.45, 7) is 15.1. The van der Waals surface area contributed by atoms with Gasteiger partial charge in [-0.1, -0.05) is 20.8 Å². The third kappa shape index (κ3) is 3.72. The fourth-order valence-corrected chi connectivity index (χ4v) is 4.84. The summed E-state index contributed by atoms with van der Waals surface area (Å²) >= 11 is 0.